The van der Waals surface area contributed by atoms with E-state index >= 15 is 0 Å². The summed E-state index contributed by atoms with van der Waals surface area (Å²) in [5, 5.41) is 5.75. The zero-order chi connectivity index (χ0) is 28.1. The van der Waals surface area contributed by atoms with E-state index in [0.29, 0.717) is 17.7 Å². The van der Waals surface area contributed by atoms with Crippen molar-refractivity contribution in [3.63, 3.8) is 0 Å². The van der Waals surface area contributed by atoms with Gasteiger partial charge in [-0.3, -0.25) is 14.2 Å². The molecular formula is C24H40N7O6P. The first-order valence-electron chi connectivity index (χ1n) is 12.9. The van der Waals surface area contributed by atoms with Crippen LogP contribution in [0.15, 0.2) is 12.7 Å². The third kappa shape index (κ3) is 7.95. The van der Waals surface area contributed by atoms with E-state index in [-0.39, 0.29) is 24.4 Å². The van der Waals surface area contributed by atoms with Crippen LogP contribution in [0.3, 0.4) is 0 Å². The van der Waals surface area contributed by atoms with Crippen LogP contribution in [-0.2, 0) is 34.9 Å². The van der Waals surface area contributed by atoms with E-state index in [1.165, 1.54) is 6.33 Å². The number of nitrogens with two attached hydrogens (primary N) is 1. The molecular weight excluding hydrogens is 513 g/mol. The second-order valence-electron chi connectivity index (χ2n) is 10.6. The molecule has 1 saturated carbocycles. The number of hydrogen-bond donors (Lipinski definition) is 3. The maximum Gasteiger partial charge on any atom is 0.326 e. The Bertz CT molecular complexity index is 1160. The van der Waals surface area contributed by atoms with Gasteiger partial charge in [0, 0.05) is 0 Å². The third-order valence-electron chi connectivity index (χ3n) is 6.08. The zero-order valence-electron chi connectivity index (χ0n) is 23.0. The van der Waals surface area contributed by atoms with Gasteiger partial charge in [-0.15, -0.1) is 0 Å². The Kier molecular flexibility index (Phi) is 9.85. The fraction of sp³-hybridized carbons (Fsp3) is 0.708. The standard InChI is InChI=1S/C24H40N7O6P/c1-15(2)36-23(33)24(5,6)30-38(34,29-17(4)22(32)37-18-9-7-8-10-18)14-35-16(3)11-31-13-28-19-20(25)26-12-27-21(19)31/h12-13,15-18H,7-11,14H2,1-6H3,(H2,25,26,27)(H2,29,30,34)/t16-,17-,38+/m1/s1. The molecule has 0 saturated heterocycles. The highest BCUT2D eigenvalue weighted by molar-refractivity contribution is 7.59. The molecule has 0 unspecified atom stereocenters. The Balaban J connectivity index is 1.71. The van der Waals surface area contributed by atoms with Crippen LogP contribution < -0.4 is 15.9 Å². The minimum Gasteiger partial charge on any atom is -0.462 e. The predicted octanol–water partition coefficient (Wildman–Crippen LogP) is 2.75. The number of nitrogens with zero attached hydrogens (tertiary/aromatic N) is 4. The lowest BCUT2D eigenvalue weighted by Crippen LogP contribution is -2.51. The van der Waals surface area contributed by atoms with Gasteiger partial charge in [-0.2, -0.15) is 0 Å². The number of esters is 2. The Labute approximate surface area is 223 Å². The molecule has 0 spiro atoms. The van der Waals surface area contributed by atoms with E-state index in [1.807, 2.05) is 0 Å². The lowest BCUT2D eigenvalue weighted by molar-refractivity contribution is -0.153. The van der Waals surface area contributed by atoms with Gasteiger partial charge in [0.25, 0.3) is 0 Å². The molecule has 0 radical (unpaired) electrons. The summed E-state index contributed by atoms with van der Waals surface area (Å²) in [6.45, 7) is 10.3. The summed E-state index contributed by atoms with van der Waals surface area (Å²) in [4.78, 5) is 37.8. The highest BCUT2D eigenvalue weighted by Crippen LogP contribution is 2.40. The monoisotopic (exact) mass is 553 g/mol. The number of hydrogen-bond acceptors (Lipinski definition) is 10. The number of rotatable bonds is 13. The van der Waals surface area contributed by atoms with Crippen molar-refractivity contribution in [2.75, 3.05) is 12.1 Å². The number of carbonyl (C=O) groups excluding carboxylic acids is 2. The van der Waals surface area contributed by atoms with Crippen molar-refractivity contribution < 1.29 is 28.4 Å². The van der Waals surface area contributed by atoms with E-state index in [9.17, 15) is 14.2 Å². The Morgan fingerprint density at radius 3 is 2.53 bits per heavy atom. The smallest absolute Gasteiger partial charge is 0.326 e. The molecule has 212 valence electrons. The first-order valence-corrected chi connectivity index (χ1v) is 14.8. The van der Waals surface area contributed by atoms with Crippen LogP contribution in [-0.4, -0.2) is 67.7 Å². The van der Waals surface area contributed by atoms with E-state index in [1.54, 1.807) is 52.4 Å². The summed E-state index contributed by atoms with van der Waals surface area (Å²) in [5.41, 5.74) is 5.56. The maximum atomic E-state index is 14.1. The second kappa shape index (κ2) is 12.5. The molecule has 4 N–H and O–H groups in total. The molecule has 2 heterocycles. The Morgan fingerprint density at radius 2 is 1.87 bits per heavy atom. The predicted molar refractivity (Wildman–Crippen MR) is 142 cm³/mol. The van der Waals surface area contributed by atoms with Crippen LogP contribution >= 0.6 is 7.44 Å². The highest BCUT2D eigenvalue weighted by Gasteiger charge is 2.40. The topological polar surface area (TPSA) is 173 Å². The number of imidazole rings is 1. The van der Waals surface area contributed by atoms with Crippen LogP contribution in [0.4, 0.5) is 5.82 Å². The normalized spacial score (nSPS) is 17.9. The molecule has 1 fully saturated rings. The fourth-order valence-electron chi connectivity index (χ4n) is 4.19. The minimum absolute atomic E-state index is 0.129. The number of carbonyl (C=O) groups is 2. The van der Waals surface area contributed by atoms with Gasteiger partial charge in [-0.05, 0) is 67.2 Å². The molecule has 0 bridgehead atoms. The number of aromatic nitrogens is 4. The van der Waals surface area contributed by atoms with Crippen LogP contribution in [0.2, 0.25) is 0 Å². The molecule has 0 amide bonds. The van der Waals surface area contributed by atoms with Gasteiger partial charge < -0.3 is 24.5 Å². The Hall–Kier alpha value is -2.60. The van der Waals surface area contributed by atoms with E-state index in [4.69, 9.17) is 19.9 Å². The highest BCUT2D eigenvalue weighted by atomic mass is 31.2. The first-order chi connectivity index (χ1) is 17.8. The average Bonchev–Trinajstić information content (AvgIpc) is 3.48. The largest absolute Gasteiger partial charge is 0.462 e. The second-order valence-corrected chi connectivity index (χ2v) is 12.8. The van der Waals surface area contributed by atoms with Gasteiger partial charge in [-0.1, -0.05) is 0 Å². The molecule has 2 aromatic rings. The summed E-state index contributed by atoms with van der Waals surface area (Å²) >= 11 is 0. The van der Waals surface area contributed by atoms with Crippen molar-refractivity contribution in [3.05, 3.63) is 12.7 Å². The quantitative estimate of drug-likeness (QED) is 0.245. The molecule has 3 rings (SSSR count). The van der Waals surface area contributed by atoms with Crippen molar-refractivity contribution >= 4 is 36.4 Å². The van der Waals surface area contributed by atoms with Gasteiger partial charge in [0.05, 0.1) is 25.1 Å². The zero-order valence-corrected chi connectivity index (χ0v) is 23.9. The summed E-state index contributed by atoms with van der Waals surface area (Å²) in [6, 6.07) is -0.901. The molecule has 38 heavy (non-hydrogen) atoms. The maximum absolute atomic E-state index is 14.1. The number of nitrogen functional groups attached to an aromatic ring is 1. The van der Waals surface area contributed by atoms with Gasteiger partial charge in [0.1, 0.15) is 35.9 Å². The van der Waals surface area contributed by atoms with Crippen LogP contribution in [0.1, 0.15) is 67.2 Å². The fourth-order valence-corrected chi connectivity index (χ4v) is 6.59. The van der Waals surface area contributed by atoms with E-state index in [0.717, 1.165) is 25.7 Å². The number of fused-ring (bicyclic) bond motifs is 1. The van der Waals surface area contributed by atoms with E-state index < -0.39 is 37.1 Å². The first kappa shape index (κ1) is 29.9. The van der Waals surface area contributed by atoms with Crippen molar-refractivity contribution in [1.29, 1.82) is 0 Å². The Morgan fingerprint density at radius 1 is 1.18 bits per heavy atom. The van der Waals surface area contributed by atoms with E-state index in [2.05, 4.69) is 25.1 Å². The number of ether oxygens (including phenoxy) is 3. The summed E-state index contributed by atoms with van der Waals surface area (Å²) in [7, 11) is -3.69. The molecule has 0 aromatic carbocycles. The summed E-state index contributed by atoms with van der Waals surface area (Å²) in [5.74, 6) is -0.808. The lowest BCUT2D eigenvalue weighted by Gasteiger charge is -2.33. The van der Waals surface area contributed by atoms with Crippen molar-refractivity contribution in [2.24, 2.45) is 0 Å². The molecule has 14 heteroatoms. The van der Waals surface area contributed by atoms with Gasteiger partial charge in [0.2, 0.25) is 7.44 Å². The summed E-state index contributed by atoms with van der Waals surface area (Å²) in [6.07, 6.45) is 5.39. The van der Waals surface area contributed by atoms with Gasteiger partial charge in [0.15, 0.2) is 11.5 Å². The molecule has 1 aliphatic rings. The van der Waals surface area contributed by atoms with Crippen molar-refractivity contribution in [3.8, 4) is 0 Å². The summed E-state index contributed by atoms with van der Waals surface area (Å²) < 4.78 is 32.8. The molecule has 13 nitrogen and oxygen atoms in total. The van der Waals surface area contributed by atoms with Crippen molar-refractivity contribution in [2.45, 2.75) is 104 Å². The van der Waals surface area contributed by atoms with Crippen molar-refractivity contribution in [1.82, 2.24) is 29.7 Å². The van der Waals surface area contributed by atoms with Crippen LogP contribution in [0.25, 0.3) is 11.2 Å². The minimum atomic E-state index is -3.69. The SMILES string of the molecule is CC(C)OC(=O)C(C)(C)N[P@](=O)(CO[C@H](C)Cn1cnc2c(N)ncnc21)N[C@H](C)C(=O)OC1CCCC1. The molecule has 0 aliphatic heterocycles. The average molecular weight is 554 g/mol. The lowest BCUT2D eigenvalue weighted by atomic mass is 10.1. The van der Waals surface area contributed by atoms with Gasteiger partial charge in [-0.25, -0.2) is 25.1 Å². The molecule has 1 aliphatic carbocycles. The number of nitrogens with one attached hydrogen (secondary N) is 2. The third-order valence-corrected chi connectivity index (χ3v) is 8.32. The van der Waals surface area contributed by atoms with Crippen LogP contribution in [0.5, 0.6) is 0 Å². The molecule has 3 atom stereocenters. The number of anilines is 1. The molecule has 2 aromatic heterocycles. The van der Waals surface area contributed by atoms with Crippen LogP contribution in [0, 0.1) is 0 Å². The van der Waals surface area contributed by atoms with Gasteiger partial charge >= 0.3 is 11.9 Å².